The summed E-state index contributed by atoms with van der Waals surface area (Å²) in [5.74, 6) is 0.278. The monoisotopic (exact) mass is 291 g/mol. The van der Waals surface area contributed by atoms with Gasteiger partial charge in [-0.05, 0) is 39.7 Å². The first-order valence-electron chi connectivity index (χ1n) is 6.97. The number of hydrogen-bond donors (Lipinski definition) is 1. The molecule has 0 bridgehead atoms. The van der Waals surface area contributed by atoms with Gasteiger partial charge in [0.15, 0.2) is 0 Å². The van der Waals surface area contributed by atoms with Crippen molar-refractivity contribution in [3.63, 3.8) is 0 Å². The van der Waals surface area contributed by atoms with Crippen LogP contribution in [0, 0.1) is 5.92 Å². The molecule has 2 heterocycles. The van der Waals surface area contributed by atoms with Crippen LogP contribution in [0.1, 0.15) is 27.2 Å². The lowest BCUT2D eigenvalue weighted by molar-refractivity contribution is -0.0455. The minimum atomic E-state index is -3.39. The highest BCUT2D eigenvalue weighted by molar-refractivity contribution is 7.86. The third-order valence-electron chi connectivity index (χ3n) is 3.95. The Balaban J connectivity index is 2.13. The van der Waals surface area contributed by atoms with E-state index in [0.717, 1.165) is 6.42 Å². The third-order valence-corrected chi connectivity index (χ3v) is 6.00. The maximum absolute atomic E-state index is 12.7. The summed E-state index contributed by atoms with van der Waals surface area (Å²) in [5, 5.41) is 0. The predicted octanol–water partition coefficient (Wildman–Crippen LogP) is 0.00950. The number of morpholine rings is 1. The van der Waals surface area contributed by atoms with Crippen molar-refractivity contribution in [3.8, 4) is 0 Å². The Bertz CT molecular complexity index is 404. The van der Waals surface area contributed by atoms with Crippen LogP contribution in [0.5, 0.6) is 0 Å². The van der Waals surface area contributed by atoms with E-state index in [1.54, 1.807) is 8.61 Å². The molecule has 2 aliphatic rings. The fraction of sp³-hybridized carbons (Fsp3) is 1.00. The van der Waals surface area contributed by atoms with Crippen molar-refractivity contribution in [3.05, 3.63) is 0 Å². The number of nitrogens with zero attached hydrogens (tertiary/aromatic N) is 2. The highest BCUT2D eigenvalue weighted by atomic mass is 32.2. The lowest BCUT2D eigenvalue weighted by Crippen LogP contribution is -2.53. The van der Waals surface area contributed by atoms with Gasteiger partial charge >= 0.3 is 0 Å². The average Bonchev–Trinajstić information content (AvgIpc) is 2.70. The highest BCUT2D eigenvalue weighted by Crippen LogP contribution is 2.28. The van der Waals surface area contributed by atoms with E-state index >= 15 is 0 Å². The molecule has 0 saturated carbocycles. The van der Waals surface area contributed by atoms with Crippen LogP contribution in [-0.4, -0.2) is 61.5 Å². The summed E-state index contributed by atoms with van der Waals surface area (Å²) in [7, 11) is -3.39. The molecule has 19 heavy (non-hydrogen) atoms. The van der Waals surface area contributed by atoms with E-state index in [1.165, 1.54) is 0 Å². The molecule has 0 radical (unpaired) electrons. The highest BCUT2D eigenvalue weighted by Gasteiger charge is 2.41. The molecule has 2 fully saturated rings. The molecule has 0 aromatic heterocycles. The molecule has 0 spiro atoms. The topological polar surface area (TPSA) is 75.9 Å². The molecule has 0 amide bonds. The molecule has 2 N–H and O–H groups in total. The lowest BCUT2D eigenvalue weighted by Gasteiger charge is -2.37. The molecule has 4 unspecified atom stereocenters. The van der Waals surface area contributed by atoms with Crippen LogP contribution in [0.3, 0.4) is 0 Å². The third kappa shape index (κ3) is 3.11. The maximum atomic E-state index is 12.7. The number of nitrogens with two attached hydrogens (primary N) is 1. The van der Waals surface area contributed by atoms with E-state index < -0.39 is 10.2 Å². The van der Waals surface area contributed by atoms with Crippen LogP contribution in [0.4, 0.5) is 0 Å². The van der Waals surface area contributed by atoms with Gasteiger partial charge in [0.2, 0.25) is 0 Å². The van der Waals surface area contributed by atoms with Crippen molar-refractivity contribution in [2.45, 2.75) is 45.4 Å². The molecular formula is C12H25N3O3S. The van der Waals surface area contributed by atoms with Crippen molar-refractivity contribution in [1.29, 1.82) is 0 Å². The van der Waals surface area contributed by atoms with Crippen LogP contribution in [0.25, 0.3) is 0 Å². The van der Waals surface area contributed by atoms with E-state index in [1.807, 2.05) is 20.8 Å². The van der Waals surface area contributed by atoms with Gasteiger partial charge in [0.1, 0.15) is 0 Å². The number of hydrogen-bond acceptors (Lipinski definition) is 4. The molecular weight excluding hydrogens is 266 g/mol. The fourth-order valence-corrected chi connectivity index (χ4v) is 5.10. The second-order valence-corrected chi connectivity index (χ2v) is 7.72. The number of ether oxygens (including phenoxy) is 1. The van der Waals surface area contributed by atoms with E-state index in [9.17, 15) is 8.42 Å². The van der Waals surface area contributed by atoms with Crippen molar-refractivity contribution in [2.75, 3.05) is 26.2 Å². The summed E-state index contributed by atoms with van der Waals surface area (Å²) in [5.41, 5.74) is 5.67. The largest absolute Gasteiger partial charge is 0.373 e. The Labute approximate surface area is 116 Å². The van der Waals surface area contributed by atoms with Gasteiger partial charge in [-0.15, -0.1) is 0 Å². The normalized spacial score (nSPS) is 38.7. The van der Waals surface area contributed by atoms with Crippen LogP contribution < -0.4 is 5.73 Å². The summed E-state index contributed by atoms with van der Waals surface area (Å²) >= 11 is 0. The van der Waals surface area contributed by atoms with E-state index in [2.05, 4.69) is 0 Å². The molecule has 6 nitrogen and oxygen atoms in total. The van der Waals surface area contributed by atoms with Crippen molar-refractivity contribution in [1.82, 2.24) is 8.61 Å². The first-order valence-corrected chi connectivity index (χ1v) is 8.36. The zero-order chi connectivity index (χ0) is 14.2. The summed E-state index contributed by atoms with van der Waals surface area (Å²) in [4.78, 5) is 0. The summed E-state index contributed by atoms with van der Waals surface area (Å²) in [6.07, 6.45) is 0.744. The van der Waals surface area contributed by atoms with E-state index in [0.29, 0.717) is 26.2 Å². The van der Waals surface area contributed by atoms with Gasteiger partial charge < -0.3 is 10.5 Å². The van der Waals surface area contributed by atoms with Crippen LogP contribution in [0.2, 0.25) is 0 Å². The Morgan fingerprint density at radius 2 is 1.74 bits per heavy atom. The second-order valence-electron chi connectivity index (χ2n) is 5.84. The molecule has 0 aromatic carbocycles. The molecule has 2 rings (SSSR count). The quantitative estimate of drug-likeness (QED) is 0.795. The van der Waals surface area contributed by atoms with Gasteiger partial charge in [-0.25, -0.2) is 0 Å². The molecule has 0 aliphatic carbocycles. The SMILES string of the molecule is CC1CN(S(=O)(=O)N2CC(CN)CC2C)CC(C)O1. The van der Waals surface area contributed by atoms with Gasteiger partial charge in [-0.2, -0.15) is 17.0 Å². The Morgan fingerprint density at radius 3 is 2.21 bits per heavy atom. The zero-order valence-electron chi connectivity index (χ0n) is 11.9. The lowest BCUT2D eigenvalue weighted by atomic mass is 10.1. The number of rotatable bonds is 3. The fourth-order valence-electron chi connectivity index (χ4n) is 3.07. The standard InChI is InChI=1S/C12H25N3O3S/c1-9-4-12(5-13)8-15(9)19(16,17)14-6-10(2)18-11(3)7-14/h9-12H,4-8,13H2,1-3H3. The Kier molecular flexibility index (Phi) is 4.52. The van der Waals surface area contributed by atoms with Gasteiger partial charge in [0, 0.05) is 25.7 Å². The summed E-state index contributed by atoms with van der Waals surface area (Å²) in [6.45, 7) is 7.74. The molecule has 0 aromatic rings. The minimum Gasteiger partial charge on any atom is -0.373 e. The van der Waals surface area contributed by atoms with Gasteiger partial charge in [0.05, 0.1) is 12.2 Å². The summed E-state index contributed by atoms with van der Waals surface area (Å²) < 4.78 is 34.2. The Morgan fingerprint density at radius 1 is 1.16 bits per heavy atom. The van der Waals surface area contributed by atoms with Crippen molar-refractivity contribution >= 4 is 10.2 Å². The van der Waals surface area contributed by atoms with E-state index in [4.69, 9.17) is 10.5 Å². The van der Waals surface area contributed by atoms with Crippen molar-refractivity contribution in [2.24, 2.45) is 11.7 Å². The molecule has 2 saturated heterocycles. The van der Waals surface area contributed by atoms with Gasteiger partial charge in [-0.3, -0.25) is 0 Å². The smallest absolute Gasteiger partial charge is 0.282 e. The molecule has 4 atom stereocenters. The Hall–Kier alpha value is -0.210. The molecule has 112 valence electrons. The van der Waals surface area contributed by atoms with E-state index in [-0.39, 0.29) is 24.2 Å². The van der Waals surface area contributed by atoms with Gasteiger partial charge in [0.25, 0.3) is 10.2 Å². The minimum absolute atomic E-state index is 0.0343. The van der Waals surface area contributed by atoms with Gasteiger partial charge in [-0.1, -0.05) is 0 Å². The van der Waals surface area contributed by atoms with Crippen LogP contribution in [-0.2, 0) is 14.9 Å². The second kappa shape index (κ2) is 5.65. The average molecular weight is 291 g/mol. The first kappa shape index (κ1) is 15.2. The first-order chi connectivity index (χ1) is 8.84. The summed E-state index contributed by atoms with van der Waals surface area (Å²) in [6, 6.07) is 0.0343. The zero-order valence-corrected chi connectivity index (χ0v) is 12.8. The maximum Gasteiger partial charge on any atom is 0.282 e. The molecule has 7 heteroatoms. The van der Waals surface area contributed by atoms with Crippen LogP contribution in [0.15, 0.2) is 0 Å². The predicted molar refractivity (Wildman–Crippen MR) is 73.8 cm³/mol. The molecule has 2 aliphatic heterocycles. The van der Waals surface area contributed by atoms with Crippen LogP contribution >= 0.6 is 0 Å². The van der Waals surface area contributed by atoms with Crippen molar-refractivity contribution < 1.29 is 13.2 Å².